The zero-order valence-corrected chi connectivity index (χ0v) is 20.2. The van der Waals surface area contributed by atoms with Crippen LogP contribution in [-0.2, 0) is 27.7 Å². The van der Waals surface area contributed by atoms with E-state index in [4.69, 9.17) is 0 Å². The van der Waals surface area contributed by atoms with E-state index in [9.17, 15) is 13.2 Å². The molecule has 31 heavy (non-hydrogen) atoms. The second-order valence-corrected chi connectivity index (χ2v) is 11.3. The quantitative estimate of drug-likeness (QED) is 0.603. The van der Waals surface area contributed by atoms with Crippen LogP contribution in [0.5, 0.6) is 0 Å². The molecule has 1 aliphatic heterocycles. The number of aryl methyl sites for hydroxylation is 1. The Kier molecular flexibility index (Phi) is 6.84. The van der Waals surface area contributed by atoms with Gasteiger partial charge in [0.15, 0.2) is 0 Å². The van der Waals surface area contributed by atoms with E-state index in [1.165, 1.54) is 12.0 Å². The second-order valence-electron chi connectivity index (χ2n) is 8.69. The summed E-state index contributed by atoms with van der Waals surface area (Å²) < 4.78 is 29.2. The molecule has 1 aliphatic carbocycles. The average Bonchev–Trinajstić information content (AvgIpc) is 3.07. The highest BCUT2D eigenvalue weighted by Gasteiger charge is 2.30. The molecule has 2 aromatic rings. The van der Waals surface area contributed by atoms with Crippen molar-refractivity contribution in [2.24, 2.45) is 0 Å². The molecule has 1 unspecified atom stereocenters. The summed E-state index contributed by atoms with van der Waals surface area (Å²) in [5.41, 5.74) is 3.15. The first-order valence-corrected chi connectivity index (χ1v) is 13.3. The molecule has 1 amide bonds. The minimum absolute atomic E-state index is 0.0435. The minimum Gasteiger partial charge on any atom is -0.309 e. The van der Waals surface area contributed by atoms with Crippen molar-refractivity contribution in [1.82, 2.24) is 4.72 Å². The zero-order chi connectivity index (χ0) is 22.0. The molecule has 5 nitrogen and oxygen atoms in total. The van der Waals surface area contributed by atoms with Crippen LogP contribution in [0.2, 0.25) is 0 Å². The Morgan fingerprint density at radius 2 is 1.81 bits per heavy atom. The Hall–Kier alpha value is -1.70. The molecule has 166 valence electrons. The number of hydrogen-bond donors (Lipinski definition) is 1. The molecule has 0 saturated heterocycles. The fourth-order valence-electron chi connectivity index (χ4n) is 4.69. The van der Waals surface area contributed by atoms with Gasteiger partial charge >= 0.3 is 0 Å². The molecule has 0 aromatic heterocycles. The van der Waals surface area contributed by atoms with E-state index in [0.29, 0.717) is 17.7 Å². The number of sulfonamides is 1. The Morgan fingerprint density at radius 1 is 1.10 bits per heavy atom. The lowest BCUT2D eigenvalue weighted by Crippen LogP contribution is -2.36. The van der Waals surface area contributed by atoms with Crippen LogP contribution in [0.15, 0.2) is 51.8 Å². The van der Waals surface area contributed by atoms with Gasteiger partial charge in [-0.2, -0.15) is 0 Å². The number of carbonyl (C=O) groups excluding carboxylic acids is 1. The molecule has 7 heteroatoms. The van der Waals surface area contributed by atoms with Gasteiger partial charge in [0.25, 0.3) is 0 Å². The fraction of sp³-hybridized carbons (Fsp3) is 0.458. The van der Waals surface area contributed by atoms with Crippen molar-refractivity contribution in [3.8, 4) is 0 Å². The maximum Gasteiger partial charge on any atom is 0.240 e. The van der Waals surface area contributed by atoms with Crippen LogP contribution in [0.3, 0.4) is 0 Å². The van der Waals surface area contributed by atoms with Crippen LogP contribution in [0.4, 0.5) is 5.69 Å². The number of anilines is 1. The minimum atomic E-state index is -3.49. The molecule has 0 spiro atoms. The summed E-state index contributed by atoms with van der Waals surface area (Å²) in [6.45, 7) is 2.07. The van der Waals surface area contributed by atoms with Gasteiger partial charge in [-0.1, -0.05) is 47.3 Å². The van der Waals surface area contributed by atoms with Gasteiger partial charge in [0.2, 0.25) is 15.9 Å². The van der Waals surface area contributed by atoms with Crippen LogP contribution in [0, 0.1) is 0 Å². The van der Waals surface area contributed by atoms with Crippen LogP contribution in [0.25, 0.3) is 0 Å². The monoisotopic (exact) mass is 504 g/mol. The lowest BCUT2D eigenvalue weighted by molar-refractivity contribution is -0.118. The van der Waals surface area contributed by atoms with Crippen LogP contribution in [0.1, 0.15) is 56.6 Å². The van der Waals surface area contributed by atoms with E-state index >= 15 is 0 Å². The van der Waals surface area contributed by atoms with Crippen molar-refractivity contribution in [1.29, 1.82) is 0 Å². The Morgan fingerprint density at radius 3 is 2.52 bits per heavy atom. The summed E-state index contributed by atoms with van der Waals surface area (Å²) in [4.78, 5) is 15.1. The lowest BCUT2D eigenvalue weighted by atomic mass is 9.96. The molecule has 2 aromatic carbocycles. The summed E-state index contributed by atoms with van der Waals surface area (Å²) in [7, 11) is -3.49. The lowest BCUT2D eigenvalue weighted by Gasteiger charge is -2.23. The van der Waals surface area contributed by atoms with E-state index in [1.54, 1.807) is 12.1 Å². The highest BCUT2D eigenvalue weighted by molar-refractivity contribution is 9.10. The predicted octanol–water partition coefficient (Wildman–Crippen LogP) is 4.97. The van der Waals surface area contributed by atoms with Gasteiger partial charge < -0.3 is 4.90 Å². The number of fused-ring (bicyclic) bond motifs is 1. The Balaban J connectivity index is 1.37. The van der Waals surface area contributed by atoms with Crippen molar-refractivity contribution in [2.45, 2.75) is 75.3 Å². The van der Waals surface area contributed by atoms with Crippen molar-refractivity contribution in [3.05, 3.63) is 58.1 Å². The Labute approximate surface area is 193 Å². The second kappa shape index (κ2) is 9.43. The number of nitrogens with zero attached hydrogens (tertiary/aromatic N) is 1. The highest BCUT2D eigenvalue weighted by atomic mass is 79.9. The molecule has 1 fully saturated rings. The number of halogens is 1. The summed E-state index contributed by atoms with van der Waals surface area (Å²) in [5, 5.41) is 0. The number of amides is 1. The van der Waals surface area contributed by atoms with Crippen molar-refractivity contribution >= 4 is 37.5 Å². The van der Waals surface area contributed by atoms with E-state index in [1.807, 2.05) is 29.2 Å². The van der Waals surface area contributed by atoms with E-state index < -0.39 is 10.0 Å². The predicted molar refractivity (Wildman–Crippen MR) is 127 cm³/mol. The standard InChI is InChI=1S/C24H29BrN2O3S/c1-17-15-19-16-20(25)10-13-23(19)27(17)24(28)14-9-18-7-11-22(12-8-18)31(29,30)26-21-5-3-2-4-6-21/h7-8,10-13,16-17,21,26H,2-6,9,14-15H2,1H3. The first-order valence-electron chi connectivity index (χ1n) is 11.1. The third kappa shape index (κ3) is 5.21. The SMILES string of the molecule is CC1Cc2cc(Br)ccc2N1C(=O)CCc1ccc(S(=O)(=O)NC2CCCCC2)cc1. The van der Waals surface area contributed by atoms with Gasteiger partial charge in [-0.05, 0) is 74.1 Å². The summed E-state index contributed by atoms with van der Waals surface area (Å²) >= 11 is 3.50. The van der Waals surface area contributed by atoms with Crippen LogP contribution >= 0.6 is 15.9 Å². The van der Waals surface area contributed by atoms with Gasteiger partial charge in [0.05, 0.1) is 4.90 Å². The number of hydrogen-bond acceptors (Lipinski definition) is 3. The van der Waals surface area contributed by atoms with E-state index in [0.717, 1.165) is 47.8 Å². The van der Waals surface area contributed by atoms with Crippen molar-refractivity contribution < 1.29 is 13.2 Å². The van der Waals surface area contributed by atoms with Gasteiger partial charge in [-0.3, -0.25) is 4.79 Å². The molecule has 2 aliphatic rings. The molecule has 0 bridgehead atoms. The molecule has 1 atom stereocenters. The van der Waals surface area contributed by atoms with E-state index in [-0.39, 0.29) is 18.0 Å². The van der Waals surface area contributed by atoms with Gasteiger partial charge in [-0.15, -0.1) is 0 Å². The molecular weight excluding hydrogens is 476 g/mol. The molecule has 1 N–H and O–H groups in total. The molecule has 0 radical (unpaired) electrons. The van der Waals surface area contributed by atoms with Crippen LogP contribution < -0.4 is 9.62 Å². The fourth-order valence-corrected chi connectivity index (χ4v) is 6.41. The topological polar surface area (TPSA) is 66.5 Å². The third-order valence-corrected chi connectivity index (χ3v) is 8.34. The zero-order valence-electron chi connectivity index (χ0n) is 17.8. The Bertz CT molecular complexity index is 1050. The smallest absolute Gasteiger partial charge is 0.240 e. The maximum atomic E-state index is 12.9. The first-order chi connectivity index (χ1) is 14.8. The highest BCUT2D eigenvalue weighted by Crippen LogP contribution is 2.34. The third-order valence-electron chi connectivity index (χ3n) is 6.31. The summed E-state index contributed by atoms with van der Waals surface area (Å²) in [5.74, 6) is 0.101. The molecule has 1 heterocycles. The van der Waals surface area contributed by atoms with Gasteiger partial charge in [-0.25, -0.2) is 13.1 Å². The van der Waals surface area contributed by atoms with Crippen molar-refractivity contribution in [3.63, 3.8) is 0 Å². The van der Waals surface area contributed by atoms with E-state index in [2.05, 4.69) is 33.6 Å². The first kappa shape index (κ1) is 22.5. The summed E-state index contributed by atoms with van der Waals surface area (Å²) in [6, 6.07) is 13.2. The number of rotatable bonds is 6. The summed E-state index contributed by atoms with van der Waals surface area (Å²) in [6.07, 6.45) is 7.01. The maximum absolute atomic E-state index is 12.9. The van der Waals surface area contributed by atoms with Crippen LogP contribution in [-0.4, -0.2) is 26.4 Å². The number of nitrogens with one attached hydrogen (secondary N) is 1. The molecule has 1 saturated carbocycles. The molecule has 4 rings (SSSR count). The molecular formula is C24H29BrN2O3S. The number of benzene rings is 2. The number of carbonyl (C=O) groups is 1. The largest absolute Gasteiger partial charge is 0.309 e. The normalized spacial score (nSPS) is 19.4. The van der Waals surface area contributed by atoms with Gasteiger partial charge in [0.1, 0.15) is 0 Å². The van der Waals surface area contributed by atoms with Crippen molar-refractivity contribution in [2.75, 3.05) is 4.90 Å². The average molecular weight is 505 g/mol. The van der Waals surface area contributed by atoms with Gasteiger partial charge in [0, 0.05) is 28.7 Å².